The van der Waals surface area contributed by atoms with Gasteiger partial charge in [0.15, 0.2) is 0 Å². The molecular formula is C54H34N4. The van der Waals surface area contributed by atoms with Gasteiger partial charge in [0, 0.05) is 65.3 Å². The summed E-state index contributed by atoms with van der Waals surface area (Å²) in [4.78, 5) is 0. The molecule has 270 valence electrons. The average Bonchev–Trinajstić information content (AvgIpc) is 3.97. The molecule has 11 aromatic rings. The van der Waals surface area contributed by atoms with Gasteiger partial charge in [-0.15, -0.1) is 25.7 Å². The molecule has 11 rings (SSSR count). The van der Waals surface area contributed by atoms with Gasteiger partial charge >= 0.3 is 0 Å². The minimum absolute atomic E-state index is 0.396. The molecule has 4 heterocycles. The highest BCUT2D eigenvalue weighted by molar-refractivity contribution is 6.33. The first-order valence-electron chi connectivity index (χ1n) is 19.4. The lowest BCUT2D eigenvalue weighted by atomic mass is 9.89. The molecule has 58 heavy (non-hydrogen) atoms. The molecule has 0 bridgehead atoms. The van der Waals surface area contributed by atoms with Crippen molar-refractivity contribution in [3.8, 4) is 71.6 Å². The van der Waals surface area contributed by atoms with Gasteiger partial charge in [0.05, 0.1) is 59.3 Å². The van der Waals surface area contributed by atoms with Crippen LogP contribution in [0.15, 0.2) is 133 Å². The third-order valence-corrected chi connectivity index (χ3v) is 12.0. The van der Waals surface area contributed by atoms with Crippen molar-refractivity contribution in [1.29, 1.82) is 0 Å². The number of hydrogen-bond acceptors (Lipinski definition) is 0. The van der Waals surface area contributed by atoms with E-state index >= 15 is 0 Å². The first-order valence-corrected chi connectivity index (χ1v) is 19.4. The second-order valence-corrected chi connectivity index (χ2v) is 14.9. The standard InChI is InChI=1S/C54H34N4/c1-5-29-55-43-21-13-9-17-37(43)41-33-35(25-27-47(41)55)49-51-39-19-11-15-23-45(39)58(32-8-4)54(51)50(52-40-20-12-16-24-46(40)57(31-7-3)53(49)52)36-26-28-48-42(34-36)38-18-10-14-22-44(38)56(48)30-6-2/h1-4,9-28,33-34H,29-32H2. The molecule has 0 N–H and O–H groups in total. The van der Waals surface area contributed by atoms with Crippen LogP contribution >= 0.6 is 0 Å². The number of benzene rings is 7. The highest BCUT2D eigenvalue weighted by Gasteiger charge is 2.28. The maximum atomic E-state index is 6.26. The fourth-order valence-electron chi connectivity index (χ4n) is 9.88. The third-order valence-electron chi connectivity index (χ3n) is 12.0. The molecule has 0 radical (unpaired) electrons. The van der Waals surface area contributed by atoms with Crippen molar-refractivity contribution < 1.29 is 0 Å². The zero-order valence-electron chi connectivity index (χ0n) is 31.6. The smallest absolute Gasteiger partial charge is 0.0841 e. The summed E-state index contributed by atoms with van der Waals surface area (Å²) in [7, 11) is 0. The number of hydrogen-bond donors (Lipinski definition) is 0. The van der Waals surface area contributed by atoms with E-state index in [1.165, 1.54) is 0 Å². The van der Waals surface area contributed by atoms with E-state index in [1.807, 2.05) is 0 Å². The lowest BCUT2D eigenvalue weighted by Crippen LogP contribution is -2.01. The molecule has 4 aromatic heterocycles. The van der Waals surface area contributed by atoms with Gasteiger partial charge in [-0.25, -0.2) is 0 Å². The number of terminal acetylenes is 4. The number of fused-ring (bicyclic) bond motifs is 12. The molecule has 0 amide bonds. The first-order chi connectivity index (χ1) is 28.7. The summed E-state index contributed by atoms with van der Waals surface area (Å²) in [6.45, 7) is 1.75. The largest absolute Gasteiger partial charge is 0.329 e. The van der Waals surface area contributed by atoms with Crippen molar-refractivity contribution in [3.05, 3.63) is 133 Å². The van der Waals surface area contributed by atoms with E-state index in [0.717, 1.165) is 109 Å². The Morgan fingerprint density at radius 3 is 1.02 bits per heavy atom. The third kappa shape index (κ3) is 4.47. The predicted molar refractivity (Wildman–Crippen MR) is 245 cm³/mol. The maximum absolute atomic E-state index is 6.26. The minimum Gasteiger partial charge on any atom is -0.329 e. The molecule has 4 nitrogen and oxygen atoms in total. The van der Waals surface area contributed by atoms with Crippen LogP contribution in [-0.4, -0.2) is 18.3 Å². The molecule has 0 aliphatic carbocycles. The maximum Gasteiger partial charge on any atom is 0.0841 e. The Bertz CT molecular complexity index is 3490. The molecule has 4 heteroatoms. The fourth-order valence-corrected chi connectivity index (χ4v) is 9.88. The summed E-state index contributed by atoms with van der Waals surface area (Å²) in [5.74, 6) is 11.8. The van der Waals surface area contributed by atoms with E-state index in [9.17, 15) is 0 Å². The first kappa shape index (κ1) is 33.3. The molecule has 7 aromatic carbocycles. The summed E-state index contributed by atoms with van der Waals surface area (Å²) in [6, 6.07) is 47.9. The highest BCUT2D eigenvalue weighted by atomic mass is 15.0. The molecule has 0 atom stereocenters. The molecule has 0 saturated heterocycles. The minimum atomic E-state index is 0.396. The second-order valence-electron chi connectivity index (χ2n) is 14.9. The SMILES string of the molecule is C#CCn1c2ccccc2c2cc(-c3c4c5ccccc5n(CC#C)c4c(-c4ccc5c(c4)c4ccccc4n5CC#C)c4c5ccccc5n(CC#C)c34)ccc21. The van der Waals surface area contributed by atoms with Crippen molar-refractivity contribution in [2.24, 2.45) is 0 Å². The van der Waals surface area contributed by atoms with Gasteiger partial charge < -0.3 is 18.3 Å². The number of nitrogens with zero attached hydrogens (tertiary/aromatic N) is 4. The van der Waals surface area contributed by atoms with E-state index in [4.69, 9.17) is 25.7 Å². The zero-order valence-corrected chi connectivity index (χ0v) is 31.6. The van der Waals surface area contributed by atoms with Gasteiger partial charge in [0.2, 0.25) is 0 Å². The van der Waals surface area contributed by atoms with Crippen LogP contribution < -0.4 is 0 Å². The summed E-state index contributed by atoms with van der Waals surface area (Å²) in [5, 5.41) is 9.15. The molecule has 0 saturated carbocycles. The summed E-state index contributed by atoms with van der Waals surface area (Å²) >= 11 is 0. The fraction of sp³-hybridized carbons (Fsp3) is 0.0741. The van der Waals surface area contributed by atoms with Crippen LogP contribution in [0.3, 0.4) is 0 Å². The van der Waals surface area contributed by atoms with Gasteiger partial charge in [0.1, 0.15) is 0 Å². The van der Waals surface area contributed by atoms with Crippen LogP contribution in [0, 0.1) is 49.4 Å². The Morgan fingerprint density at radius 2 is 0.638 bits per heavy atom. The van der Waals surface area contributed by atoms with Crippen LogP contribution in [0.5, 0.6) is 0 Å². The van der Waals surface area contributed by atoms with Crippen molar-refractivity contribution in [3.63, 3.8) is 0 Å². The van der Waals surface area contributed by atoms with E-state index in [2.05, 4.69) is 175 Å². The Kier molecular flexibility index (Phi) is 7.34. The summed E-state index contributed by atoms with van der Waals surface area (Å²) in [6.07, 6.45) is 24.4. The second kappa shape index (κ2) is 12.8. The van der Waals surface area contributed by atoms with E-state index in [-0.39, 0.29) is 0 Å². The van der Waals surface area contributed by atoms with Crippen LogP contribution in [0.1, 0.15) is 0 Å². The van der Waals surface area contributed by atoms with Crippen LogP contribution in [0.2, 0.25) is 0 Å². The van der Waals surface area contributed by atoms with Crippen molar-refractivity contribution in [2.45, 2.75) is 26.2 Å². The number of para-hydroxylation sites is 4. The van der Waals surface area contributed by atoms with Crippen LogP contribution in [0.25, 0.3) is 109 Å². The van der Waals surface area contributed by atoms with Crippen LogP contribution in [-0.2, 0) is 26.2 Å². The lowest BCUT2D eigenvalue weighted by Gasteiger charge is -2.17. The van der Waals surface area contributed by atoms with E-state index in [1.54, 1.807) is 0 Å². The van der Waals surface area contributed by atoms with Gasteiger partial charge in [-0.3, -0.25) is 0 Å². The van der Waals surface area contributed by atoms with Gasteiger partial charge in [0.25, 0.3) is 0 Å². The Balaban J connectivity index is 1.39. The monoisotopic (exact) mass is 738 g/mol. The molecule has 0 spiro atoms. The van der Waals surface area contributed by atoms with Crippen LogP contribution in [0.4, 0.5) is 0 Å². The van der Waals surface area contributed by atoms with Crippen molar-refractivity contribution >= 4 is 87.2 Å². The molecule has 0 aliphatic heterocycles. The van der Waals surface area contributed by atoms with Gasteiger partial charge in [-0.05, 0) is 59.7 Å². The topological polar surface area (TPSA) is 19.7 Å². The normalized spacial score (nSPS) is 11.7. The number of rotatable bonds is 6. The highest BCUT2D eigenvalue weighted by Crippen LogP contribution is 2.51. The zero-order chi connectivity index (χ0) is 39.1. The predicted octanol–water partition coefficient (Wildman–Crippen LogP) is 12.0. The molecule has 0 aliphatic rings. The van der Waals surface area contributed by atoms with Gasteiger partial charge in [-0.2, -0.15) is 0 Å². The van der Waals surface area contributed by atoms with Crippen molar-refractivity contribution in [2.75, 3.05) is 0 Å². The average molecular weight is 739 g/mol. The molecule has 0 unspecified atom stereocenters. The molecule has 0 fully saturated rings. The quantitative estimate of drug-likeness (QED) is 0.151. The lowest BCUT2D eigenvalue weighted by molar-refractivity contribution is 0.921. The Labute approximate surface area is 335 Å². The van der Waals surface area contributed by atoms with Gasteiger partial charge in [-0.1, -0.05) is 109 Å². The molecular weight excluding hydrogens is 705 g/mol. The Morgan fingerprint density at radius 1 is 0.328 bits per heavy atom. The Hall–Kier alpha value is -8.02. The van der Waals surface area contributed by atoms with Crippen molar-refractivity contribution in [1.82, 2.24) is 18.3 Å². The summed E-state index contributed by atoms with van der Waals surface area (Å²) < 4.78 is 9.12. The van der Waals surface area contributed by atoms with E-state index < -0.39 is 0 Å². The van der Waals surface area contributed by atoms with E-state index in [0.29, 0.717) is 26.2 Å². The summed E-state index contributed by atoms with van der Waals surface area (Å²) in [5.41, 5.74) is 13.2. The number of aromatic nitrogens is 4.